The van der Waals surface area contributed by atoms with E-state index in [1.807, 2.05) is 0 Å². The number of carbonyl (C=O) groups excluding carboxylic acids is 1. The van der Waals surface area contributed by atoms with E-state index < -0.39 is 29.5 Å². The second-order valence-corrected chi connectivity index (χ2v) is 6.59. The maximum absolute atomic E-state index is 13.1. The van der Waals surface area contributed by atoms with Gasteiger partial charge >= 0.3 is 6.09 Å². The molecule has 0 aromatic carbocycles. The first-order chi connectivity index (χ1) is 8.73. The Balaban J connectivity index is 2.01. The summed E-state index contributed by atoms with van der Waals surface area (Å²) in [4.78, 5) is 13.5. The van der Waals surface area contributed by atoms with E-state index in [0.29, 0.717) is 32.6 Å². The van der Waals surface area contributed by atoms with Crippen molar-refractivity contribution in [3.8, 4) is 0 Å². The number of halogens is 2. The molecule has 1 amide bonds. The third kappa shape index (κ3) is 2.99. The molecule has 2 heterocycles. The molecule has 0 aliphatic carbocycles. The first-order valence-corrected chi connectivity index (χ1v) is 6.70. The predicted molar refractivity (Wildman–Crippen MR) is 67.2 cm³/mol. The Morgan fingerprint density at radius 2 is 2.16 bits per heavy atom. The van der Waals surface area contributed by atoms with Crippen LogP contribution in [0.15, 0.2) is 0 Å². The van der Waals surface area contributed by atoms with Crippen molar-refractivity contribution in [1.82, 2.24) is 10.2 Å². The number of nitrogens with zero attached hydrogens (tertiary/aromatic N) is 1. The summed E-state index contributed by atoms with van der Waals surface area (Å²) in [6.45, 7) is 7.16. The summed E-state index contributed by atoms with van der Waals surface area (Å²) in [6, 6.07) is 0. The van der Waals surface area contributed by atoms with Crippen LogP contribution in [0.5, 0.6) is 0 Å². The lowest BCUT2D eigenvalue weighted by molar-refractivity contribution is 0.0125. The van der Waals surface area contributed by atoms with E-state index in [1.165, 1.54) is 0 Å². The largest absolute Gasteiger partial charge is 0.444 e. The molecule has 1 N–H and O–H groups in total. The Morgan fingerprint density at radius 3 is 2.74 bits per heavy atom. The van der Waals surface area contributed by atoms with E-state index in [4.69, 9.17) is 4.74 Å². The minimum atomic E-state index is -2.34. The number of amides is 1. The van der Waals surface area contributed by atoms with Gasteiger partial charge in [-0.15, -0.1) is 0 Å². The van der Waals surface area contributed by atoms with Crippen molar-refractivity contribution in [2.45, 2.75) is 39.2 Å². The second kappa shape index (κ2) is 4.89. The standard InChI is InChI=1S/C13H22F2N2O2/c1-12(2,3)19-11(18)17-5-4-13(8-17)7-16-6-9(13)10(14)15/h9-10,16H,4-8H2,1-3H3. The van der Waals surface area contributed by atoms with Gasteiger partial charge in [0.1, 0.15) is 5.60 Å². The van der Waals surface area contributed by atoms with E-state index >= 15 is 0 Å². The van der Waals surface area contributed by atoms with Crippen molar-refractivity contribution in [3.63, 3.8) is 0 Å². The van der Waals surface area contributed by atoms with Crippen LogP contribution in [0.4, 0.5) is 13.6 Å². The fourth-order valence-corrected chi connectivity index (χ4v) is 3.01. The third-order valence-electron chi connectivity index (χ3n) is 3.97. The molecule has 4 nitrogen and oxygen atoms in total. The van der Waals surface area contributed by atoms with Gasteiger partial charge in [-0.2, -0.15) is 0 Å². The Bertz CT molecular complexity index is 357. The first kappa shape index (κ1) is 14.5. The highest BCUT2D eigenvalue weighted by atomic mass is 19.3. The molecule has 2 aliphatic heterocycles. The number of ether oxygens (including phenoxy) is 1. The van der Waals surface area contributed by atoms with Crippen molar-refractivity contribution < 1.29 is 18.3 Å². The lowest BCUT2D eigenvalue weighted by Gasteiger charge is -2.30. The van der Waals surface area contributed by atoms with Crippen LogP contribution in [0.2, 0.25) is 0 Å². The minimum Gasteiger partial charge on any atom is -0.444 e. The maximum Gasteiger partial charge on any atom is 0.410 e. The summed E-state index contributed by atoms with van der Waals surface area (Å²) in [5.74, 6) is -0.667. The number of nitrogens with one attached hydrogen (secondary N) is 1. The van der Waals surface area contributed by atoms with Gasteiger partial charge in [-0.1, -0.05) is 0 Å². The SMILES string of the molecule is CC(C)(C)OC(=O)N1CCC2(CNCC2C(F)F)C1. The number of alkyl halides is 2. The van der Waals surface area contributed by atoms with Crippen LogP contribution < -0.4 is 5.32 Å². The van der Waals surface area contributed by atoms with Gasteiger partial charge < -0.3 is 15.0 Å². The number of hydrogen-bond donors (Lipinski definition) is 1. The average molecular weight is 276 g/mol. The summed E-state index contributed by atoms with van der Waals surface area (Å²) >= 11 is 0. The Hall–Kier alpha value is -0.910. The van der Waals surface area contributed by atoms with Crippen LogP contribution in [0.1, 0.15) is 27.2 Å². The monoisotopic (exact) mass is 276 g/mol. The van der Waals surface area contributed by atoms with Crippen LogP contribution in [0.3, 0.4) is 0 Å². The van der Waals surface area contributed by atoms with Crippen molar-refractivity contribution in [2.75, 3.05) is 26.2 Å². The topological polar surface area (TPSA) is 41.6 Å². The van der Waals surface area contributed by atoms with Gasteiger partial charge in [0.25, 0.3) is 0 Å². The molecule has 2 rings (SSSR count). The molecule has 0 radical (unpaired) electrons. The van der Waals surface area contributed by atoms with Crippen molar-refractivity contribution in [3.05, 3.63) is 0 Å². The van der Waals surface area contributed by atoms with Gasteiger partial charge in [-0.05, 0) is 27.2 Å². The molecule has 19 heavy (non-hydrogen) atoms. The highest BCUT2D eigenvalue weighted by molar-refractivity contribution is 5.68. The fourth-order valence-electron chi connectivity index (χ4n) is 3.01. The van der Waals surface area contributed by atoms with Gasteiger partial charge in [0.2, 0.25) is 6.43 Å². The van der Waals surface area contributed by atoms with Crippen LogP contribution in [0.25, 0.3) is 0 Å². The molecule has 6 heteroatoms. The smallest absolute Gasteiger partial charge is 0.410 e. The summed E-state index contributed by atoms with van der Waals surface area (Å²) < 4.78 is 31.4. The lowest BCUT2D eigenvalue weighted by Crippen LogP contribution is -2.40. The highest BCUT2D eigenvalue weighted by Gasteiger charge is 2.52. The van der Waals surface area contributed by atoms with E-state index in [9.17, 15) is 13.6 Å². The number of hydrogen-bond acceptors (Lipinski definition) is 3. The molecule has 2 aliphatic rings. The van der Waals surface area contributed by atoms with E-state index in [-0.39, 0.29) is 0 Å². The van der Waals surface area contributed by atoms with Crippen LogP contribution in [-0.2, 0) is 4.74 Å². The zero-order chi connectivity index (χ0) is 14.3. The first-order valence-electron chi connectivity index (χ1n) is 6.70. The minimum absolute atomic E-state index is 0.333. The number of rotatable bonds is 1. The zero-order valence-corrected chi connectivity index (χ0v) is 11.7. The summed E-state index contributed by atoms with van der Waals surface area (Å²) in [7, 11) is 0. The Labute approximate surface area is 112 Å². The normalized spacial score (nSPS) is 31.5. The molecular weight excluding hydrogens is 254 g/mol. The zero-order valence-electron chi connectivity index (χ0n) is 11.7. The van der Waals surface area contributed by atoms with E-state index in [0.717, 1.165) is 0 Å². The highest BCUT2D eigenvalue weighted by Crippen LogP contribution is 2.43. The predicted octanol–water partition coefficient (Wildman–Crippen LogP) is 2.10. The molecule has 2 fully saturated rings. The van der Waals surface area contributed by atoms with Crippen LogP contribution >= 0.6 is 0 Å². The van der Waals surface area contributed by atoms with Crippen LogP contribution in [0, 0.1) is 11.3 Å². The van der Waals surface area contributed by atoms with Crippen molar-refractivity contribution in [1.29, 1.82) is 0 Å². The summed E-state index contributed by atoms with van der Waals surface area (Å²) in [5, 5.41) is 3.04. The molecule has 110 valence electrons. The molecule has 0 bridgehead atoms. The fraction of sp³-hybridized carbons (Fsp3) is 0.923. The molecule has 1 spiro atoms. The molecule has 2 unspecified atom stereocenters. The van der Waals surface area contributed by atoms with Gasteiger partial charge in [-0.3, -0.25) is 0 Å². The second-order valence-electron chi connectivity index (χ2n) is 6.59. The number of carbonyl (C=O) groups is 1. The van der Waals surface area contributed by atoms with Gasteiger partial charge in [0, 0.05) is 37.5 Å². The van der Waals surface area contributed by atoms with Gasteiger partial charge in [-0.25, -0.2) is 13.6 Å². The number of likely N-dealkylation sites (tertiary alicyclic amines) is 1. The summed E-state index contributed by atoms with van der Waals surface area (Å²) in [6.07, 6.45) is -2.12. The Morgan fingerprint density at radius 1 is 1.47 bits per heavy atom. The molecule has 0 aromatic rings. The molecule has 0 aromatic heterocycles. The molecular formula is C13H22F2N2O2. The Kier molecular flexibility index (Phi) is 3.73. The maximum atomic E-state index is 13.1. The molecule has 0 saturated carbocycles. The third-order valence-corrected chi connectivity index (χ3v) is 3.97. The summed E-state index contributed by atoms with van der Waals surface area (Å²) in [5.41, 5.74) is -1.03. The lowest BCUT2D eigenvalue weighted by atomic mass is 9.77. The molecule has 2 saturated heterocycles. The van der Waals surface area contributed by atoms with Crippen molar-refractivity contribution in [2.24, 2.45) is 11.3 Å². The average Bonchev–Trinajstić information content (AvgIpc) is 2.84. The van der Waals surface area contributed by atoms with E-state index in [1.54, 1.807) is 25.7 Å². The van der Waals surface area contributed by atoms with Crippen LogP contribution in [-0.4, -0.2) is 49.2 Å². The van der Waals surface area contributed by atoms with Crippen molar-refractivity contribution >= 4 is 6.09 Å². The van der Waals surface area contributed by atoms with Gasteiger partial charge in [0.15, 0.2) is 0 Å². The van der Waals surface area contributed by atoms with E-state index in [2.05, 4.69) is 5.32 Å². The quantitative estimate of drug-likeness (QED) is 0.797. The molecule has 2 atom stereocenters. The van der Waals surface area contributed by atoms with Gasteiger partial charge in [0.05, 0.1) is 0 Å².